The highest BCUT2D eigenvalue weighted by molar-refractivity contribution is 5.95. The van der Waals surface area contributed by atoms with E-state index in [1.165, 1.54) is 0 Å². The first-order chi connectivity index (χ1) is 21.8. The molecule has 3 fully saturated rings. The summed E-state index contributed by atoms with van der Waals surface area (Å²) in [5.74, 6) is 1.39. The maximum Gasteiger partial charge on any atom is 0.253 e. The molecule has 1 aromatic rings. The van der Waals surface area contributed by atoms with Crippen molar-refractivity contribution in [3.05, 3.63) is 47.2 Å². The van der Waals surface area contributed by atoms with Crippen molar-refractivity contribution in [3.63, 3.8) is 0 Å². The minimum Gasteiger partial charge on any atom is -0.381 e. The van der Waals surface area contributed by atoms with Crippen LogP contribution in [0.25, 0.3) is 0 Å². The van der Waals surface area contributed by atoms with Crippen molar-refractivity contribution >= 4 is 17.7 Å². The number of piperidine rings is 1. The summed E-state index contributed by atoms with van der Waals surface area (Å²) >= 11 is 0. The van der Waals surface area contributed by atoms with E-state index in [0.29, 0.717) is 29.7 Å². The van der Waals surface area contributed by atoms with Gasteiger partial charge >= 0.3 is 0 Å². The van der Waals surface area contributed by atoms with Crippen molar-refractivity contribution in [1.29, 1.82) is 5.26 Å². The average Bonchev–Trinajstić information content (AvgIpc) is 3.51. The number of hydrazine groups is 1. The number of carbonyl (C=O) groups excluding carboxylic acids is 3. The number of nitrogens with zero attached hydrogens (tertiary/aromatic N) is 4. The summed E-state index contributed by atoms with van der Waals surface area (Å²) in [7, 11) is 9.32. The number of nitrogens with one attached hydrogen (secondary N) is 3. The van der Waals surface area contributed by atoms with Gasteiger partial charge in [-0.05, 0) is 105 Å². The van der Waals surface area contributed by atoms with Gasteiger partial charge in [0.25, 0.3) is 5.91 Å². The fourth-order valence-electron chi connectivity index (χ4n) is 9.22. The lowest BCUT2D eigenvalue weighted by molar-refractivity contribution is -0.132. The van der Waals surface area contributed by atoms with Gasteiger partial charge in [-0.3, -0.25) is 19.8 Å². The Morgan fingerprint density at radius 3 is 2.52 bits per heavy atom. The highest BCUT2D eigenvalue weighted by Gasteiger charge is 2.60. The molecule has 4 aliphatic rings. The Morgan fingerprint density at radius 2 is 1.87 bits per heavy atom. The second-order valence-electron chi connectivity index (χ2n) is 14.7. The Kier molecular flexibility index (Phi) is 9.86. The lowest BCUT2D eigenvalue weighted by Gasteiger charge is -2.48. The third kappa shape index (κ3) is 6.04. The van der Waals surface area contributed by atoms with Crippen LogP contribution in [-0.4, -0.2) is 92.3 Å². The molecule has 10 heteroatoms. The fraction of sp³-hybridized carbons (Fsp3) is 0.667. The van der Waals surface area contributed by atoms with E-state index in [9.17, 15) is 19.6 Å². The molecular weight excluding hydrogens is 578 g/mol. The molecule has 0 bridgehead atoms. The Hall–Kier alpha value is -3.42. The Balaban J connectivity index is 1.49. The van der Waals surface area contributed by atoms with Crippen molar-refractivity contribution in [3.8, 4) is 6.07 Å². The number of hydrogen-bond acceptors (Lipinski definition) is 7. The molecule has 1 saturated heterocycles. The van der Waals surface area contributed by atoms with Gasteiger partial charge in [0.2, 0.25) is 11.8 Å². The number of nitriles is 1. The molecule has 3 aliphatic carbocycles. The van der Waals surface area contributed by atoms with Crippen LogP contribution in [0.1, 0.15) is 73.9 Å². The number of hydrogen-bond donors (Lipinski definition) is 3. The van der Waals surface area contributed by atoms with Gasteiger partial charge in [0.05, 0.1) is 18.0 Å². The number of likely N-dealkylation sites (tertiary alicyclic amines) is 1. The topological polar surface area (TPSA) is 121 Å². The van der Waals surface area contributed by atoms with Crippen LogP contribution in [-0.2, 0) is 21.4 Å². The fourth-order valence-corrected chi connectivity index (χ4v) is 9.22. The number of benzene rings is 1. The van der Waals surface area contributed by atoms with Gasteiger partial charge in [0.1, 0.15) is 6.04 Å². The third-order valence-electron chi connectivity index (χ3n) is 11.7. The lowest BCUT2D eigenvalue weighted by atomic mass is 9.57. The summed E-state index contributed by atoms with van der Waals surface area (Å²) in [5.41, 5.74) is 8.78. The second kappa shape index (κ2) is 13.4. The largest absolute Gasteiger partial charge is 0.381 e. The molecule has 5 unspecified atom stereocenters. The zero-order valence-electron chi connectivity index (χ0n) is 28.7. The van der Waals surface area contributed by atoms with Gasteiger partial charge < -0.3 is 20.0 Å². The minimum absolute atomic E-state index is 0.0438. The number of carbonyl (C=O) groups is 3. The van der Waals surface area contributed by atoms with Gasteiger partial charge in [-0.1, -0.05) is 19.6 Å². The maximum absolute atomic E-state index is 14.6. The molecule has 46 heavy (non-hydrogen) atoms. The predicted molar refractivity (Wildman–Crippen MR) is 178 cm³/mol. The van der Waals surface area contributed by atoms with Crippen LogP contribution in [0.2, 0.25) is 0 Å². The van der Waals surface area contributed by atoms with Gasteiger partial charge in [0, 0.05) is 58.6 Å². The number of aryl methyl sites for hydroxylation is 1. The van der Waals surface area contributed by atoms with E-state index in [0.717, 1.165) is 55.3 Å². The number of rotatable bonds is 10. The van der Waals surface area contributed by atoms with E-state index in [1.807, 2.05) is 32.3 Å². The maximum atomic E-state index is 14.6. The first-order valence-corrected chi connectivity index (χ1v) is 17.0. The van der Waals surface area contributed by atoms with Crippen LogP contribution in [0.5, 0.6) is 0 Å². The molecule has 1 aliphatic heterocycles. The average molecular weight is 632 g/mol. The van der Waals surface area contributed by atoms with Crippen molar-refractivity contribution in [1.82, 2.24) is 30.9 Å². The van der Waals surface area contributed by atoms with E-state index in [2.05, 4.69) is 47.6 Å². The van der Waals surface area contributed by atoms with Gasteiger partial charge in [-0.15, -0.1) is 0 Å². The normalized spacial score (nSPS) is 31.7. The van der Waals surface area contributed by atoms with E-state index >= 15 is 0 Å². The number of fused-ring (bicyclic) bond motifs is 3. The van der Waals surface area contributed by atoms with E-state index in [1.54, 1.807) is 30.9 Å². The van der Waals surface area contributed by atoms with E-state index < -0.39 is 5.41 Å². The van der Waals surface area contributed by atoms with Crippen LogP contribution in [0.3, 0.4) is 0 Å². The molecule has 3 N–H and O–H groups in total. The number of amides is 3. The molecule has 1 aromatic carbocycles. The molecule has 5 rings (SSSR count). The smallest absolute Gasteiger partial charge is 0.253 e. The van der Waals surface area contributed by atoms with Crippen LogP contribution < -0.4 is 16.2 Å². The van der Waals surface area contributed by atoms with Crippen molar-refractivity contribution in [2.75, 3.05) is 41.8 Å². The van der Waals surface area contributed by atoms with Crippen molar-refractivity contribution in [2.45, 2.75) is 82.3 Å². The highest BCUT2D eigenvalue weighted by Crippen LogP contribution is 2.54. The molecule has 1 heterocycles. The van der Waals surface area contributed by atoms with Gasteiger partial charge in [-0.25, -0.2) is 5.43 Å². The summed E-state index contributed by atoms with van der Waals surface area (Å²) in [6.07, 6.45) is 5.75. The van der Waals surface area contributed by atoms with E-state index in [4.69, 9.17) is 0 Å². The summed E-state index contributed by atoms with van der Waals surface area (Å²) in [6.45, 7) is 8.74. The molecule has 10 nitrogen and oxygen atoms in total. The van der Waals surface area contributed by atoms with Crippen LogP contribution in [0.4, 0.5) is 0 Å². The zero-order chi connectivity index (χ0) is 33.5. The predicted octanol–water partition coefficient (Wildman–Crippen LogP) is 3.06. The first-order valence-electron chi connectivity index (χ1n) is 17.0. The highest BCUT2D eigenvalue weighted by atomic mass is 16.2. The van der Waals surface area contributed by atoms with Gasteiger partial charge in [0.15, 0.2) is 0 Å². The molecule has 0 radical (unpaired) electrons. The summed E-state index contributed by atoms with van der Waals surface area (Å²) < 4.78 is 0. The lowest BCUT2D eigenvalue weighted by Crippen LogP contribution is -2.57. The van der Waals surface area contributed by atoms with E-state index in [-0.39, 0.29) is 54.2 Å². The van der Waals surface area contributed by atoms with Crippen molar-refractivity contribution in [2.24, 2.45) is 29.6 Å². The molecule has 0 spiro atoms. The minimum atomic E-state index is -0.891. The SMILES string of the molecule is C=C(C1CCC2C(CCc3cc(C(=O)N(C)C)ccc3C2(C[C@H](C)NCC(=O)N2C(C#N)C[C@@H]3[C@H](C)[C@@H]32)C(=O)NNC)C1)N(C)C. The molecule has 0 aromatic heterocycles. The molecule has 3 amide bonds. The quantitative estimate of drug-likeness (QED) is 0.340. The van der Waals surface area contributed by atoms with Crippen molar-refractivity contribution < 1.29 is 14.4 Å². The molecule has 9 atom stereocenters. The second-order valence-corrected chi connectivity index (χ2v) is 14.7. The number of allylic oxidation sites excluding steroid dienone is 1. The Morgan fingerprint density at radius 1 is 1.13 bits per heavy atom. The Labute approximate surface area is 274 Å². The molecule has 2 saturated carbocycles. The third-order valence-corrected chi connectivity index (χ3v) is 11.7. The Bertz CT molecular complexity index is 1400. The standard InChI is InChI=1S/C36H53N7O3/c1-21(39-20-32(44)43-28(19-37)17-29-22(2)33(29)43)18-36(35(46)40-38-4)30-13-11-24(23(3)41(5)6)15-25(30)9-10-26-16-27(12-14-31(26)36)34(45)42(7)8/h12,14,16,21-22,24-25,28-30,33,38-39H,3,9-11,13,15,17-18,20H2,1-2,4-8H3,(H,40,46)/t21-,22-,24?,25?,28?,29+,30?,33-,36?/m0/s1. The molecular formula is C36H53N7O3. The first kappa shape index (κ1) is 33.9. The van der Waals surface area contributed by atoms with Crippen LogP contribution in [0.15, 0.2) is 30.5 Å². The van der Waals surface area contributed by atoms with Crippen LogP contribution >= 0.6 is 0 Å². The molecule has 250 valence electrons. The monoisotopic (exact) mass is 631 g/mol. The summed E-state index contributed by atoms with van der Waals surface area (Å²) in [6, 6.07) is 7.85. The van der Waals surface area contributed by atoms with Gasteiger partial charge in [-0.2, -0.15) is 5.26 Å². The summed E-state index contributed by atoms with van der Waals surface area (Å²) in [5, 5.41) is 13.2. The van der Waals surface area contributed by atoms with Crippen LogP contribution in [0, 0.1) is 40.9 Å². The zero-order valence-corrected chi connectivity index (χ0v) is 28.7. The summed E-state index contributed by atoms with van der Waals surface area (Å²) in [4.78, 5) is 46.6.